The number of aromatic nitrogens is 2. The predicted octanol–water partition coefficient (Wildman–Crippen LogP) is 2.69. The maximum Gasteiger partial charge on any atom is 0.243 e. The number of aryl methyl sites for hydroxylation is 3. The van der Waals surface area contributed by atoms with Crippen molar-refractivity contribution in [3.05, 3.63) is 53.6 Å². The van der Waals surface area contributed by atoms with Crippen LogP contribution in [0.5, 0.6) is 0 Å². The molecule has 0 unspecified atom stereocenters. The Bertz CT molecular complexity index is 1280. The van der Waals surface area contributed by atoms with Gasteiger partial charge >= 0.3 is 0 Å². The third-order valence-electron chi connectivity index (χ3n) is 6.37. The number of carbonyl (C=O) groups excluding carboxylic acids is 1. The van der Waals surface area contributed by atoms with E-state index < -0.39 is 10.0 Å². The van der Waals surface area contributed by atoms with Crippen LogP contribution in [0.2, 0.25) is 0 Å². The van der Waals surface area contributed by atoms with Crippen LogP contribution in [-0.4, -0.2) is 65.0 Å². The van der Waals surface area contributed by atoms with Gasteiger partial charge in [0, 0.05) is 33.2 Å². The van der Waals surface area contributed by atoms with Crippen LogP contribution < -0.4 is 0 Å². The molecule has 1 fully saturated rings. The molecule has 5 rings (SSSR count). The van der Waals surface area contributed by atoms with Gasteiger partial charge in [0.15, 0.2) is 5.16 Å². The van der Waals surface area contributed by atoms with E-state index in [1.807, 2.05) is 48.0 Å². The summed E-state index contributed by atoms with van der Waals surface area (Å²) < 4.78 is 29.7. The van der Waals surface area contributed by atoms with E-state index in [0.717, 1.165) is 41.0 Å². The van der Waals surface area contributed by atoms with Crippen molar-refractivity contribution in [3.63, 3.8) is 0 Å². The number of para-hydroxylation sites is 2. The SMILES string of the molecule is Cn1c(SCC(=O)N2CCN(S(=O)(=O)c3ccc4c(c3)CCC4)CC2)nc2ccccc21. The fourth-order valence-corrected chi connectivity index (χ4v) is 6.87. The van der Waals surface area contributed by atoms with Gasteiger partial charge in [-0.1, -0.05) is 30.0 Å². The van der Waals surface area contributed by atoms with Crippen molar-refractivity contribution in [2.45, 2.75) is 29.3 Å². The summed E-state index contributed by atoms with van der Waals surface area (Å²) in [6.45, 7) is 1.46. The van der Waals surface area contributed by atoms with Crippen LogP contribution in [0.1, 0.15) is 17.5 Å². The lowest BCUT2D eigenvalue weighted by Gasteiger charge is -2.34. The maximum atomic E-state index is 13.1. The minimum Gasteiger partial charge on any atom is -0.339 e. The van der Waals surface area contributed by atoms with E-state index in [-0.39, 0.29) is 11.7 Å². The standard InChI is InChI=1S/C23H26N4O3S2/c1-25-21-8-3-2-7-20(21)24-23(25)31-16-22(28)26-11-13-27(14-12-26)32(29,30)19-10-9-17-5-4-6-18(17)15-19/h2-3,7-10,15H,4-6,11-14,16H2,1H3. The zero-order chi connectivity index (χ0) is 22.3. The highest BCUT2D eigenvalue weighted by atomic mass is 32.2. The van der Waals surface area contributed by atoms with Crippen LogP contribution in [0.25, 0.3) is 11.0 Å². The Morgan fingerprint density at radius 2 is 1.78 bits per heavy atom. The van der Waals surface area contributed by atoms with E-state index >= 15 is 0 Å². The first-order valence-electron chi connectivity index (χ1n) is 10.9. The number of imidazole rings is 1. The lowest BCUT2D eigenvalue weighted by Crippen LogP contribution is -2.51. The number of hydrogen-bond donors (Lipinski definition) is 0. The number of amides is 1. The third-order valence-corrected chi connectivity index (χ3v) is 9.28. The first-order valence-corrected chi connectivity index (χ1v) is 13.3. The Labute approximate surface area is 192 Å². The van der Waals surface area contributed by atoms with Gasteiger partial charge in [-0.25, -0.2) is 13.4 Å². The van der Waals surface area contributed by atoms with Crippen LogP contribution >= 0.6 is 11.8 Å². The average Bonchev–Trinajstić information content (AvgIpc) is 3.41. The van der Waals surface area contributed by atoms with E-state index in [0.29, 0.717) is 31.1 Å². The van der Waals surface area contributed by atoms with Crippen LogP contribution in [-0.2, 0) is 34.7 Å². The third kappa shape index (κ3) is 3.93. The van der Waals surface area contributed by atoms with Crippen molar-refractivity contribution in [1.82, 2.24) is 18.8 Å². The van der Waals surface area contributed by atoms with Crippen LogP contribution in [0, 0.1) is 0 Å². The molecule has 0 spiro atoms. The Kier molecular flexibility index (Phi) is 5.73. The number of fused-ring (bicyclic) bond motifs is 2. The molecular weight excluding hydrogens is 444 g/mol. The van der Waals surface area contributed by atoms with E-state index in [9.17, 15) is 13.2 Å². The van der Waals surface area contributed by atoms with Gasteiger partial charge in [-0.3, -0.25) is 4.79 Å². The molecule has 1 amide bonds. The van der Waals surface area contributed by atoms with Crippen molar-refractivity contribution in [2.24, 2.45) is 7.05 Å². The smallest absolute Gasteiger partial charge is 0.243 e. The summed E-state index contributed by atoms with van der Waals surface area (Å²) in [5.74, 6) is 0.297. The Morgan fingerprint density at radius 1 is 1.03 bits per heavy atom. The van der Waals surface area contributed by atoms with Crippen LogP contribution in [0.4, 0.5) is 0 Å². The summed E-state index contributed by atoms with van der Waals surface area (Å²) >= 11 is 1.42. The summed E-state index contributed by atoms with van der Waals surface area (Å²) in [7, 11) is -1.58. The van der Waals surface area contributed by atoms with E-state index in [2.05, 4.69) is 4.98 Å². The minimum absolute atomic E-state index is 0.0108. The summed E-state index contributed by atoms with van der Waals surface area (Å²) in [6.07, 6.45) is 3.07. The second-order valence-corrected chi connectivity index (χ2v) is 11.2. The highest BCUT2D eigenvalue weighted by Crippen LogP contribution is 2.27. The molecule has 2 heterocycles. The lowest BCUT2D eigenvalue weighted by atomic mass is 10.1. The highest BCUT2D eigenvalue weighted by Gasteiger charge is 2.31. The minimum atomic E-state index is -3.53. The molecule has 0 atom stereocenters. The fourth-order valence-electron chi connectivity index (χ4n) is 4.51. The molecular formula is C23H26N4O3S2. The lowest BCUT2D eigenvalue weighted by molar-refractivity contribution is -0.129. The molecule has 3 aromatic rings. The normalized spacial score (nSPS) is 17.1. The van der Waals surface area contributed by atoms with Gasteiger partial charge in [0.25, 0.3) is 0 Å². The van der Waals surface area contributed by atoms with Crippen molar-refractivity contribution in [1.29, 1.82) is 0 Å². The summed E-state index contributed by atoms with van der Waals surface area (Å²) in [5.41, 5.74) is 4.36. The number of piperazine rings is 1. The molecule has 0 bridgehead atoms. The van der Waals surface area contributed by atoms with Gasteiger partial charge in [0.2, 0.25) is 15.9 Å². The molecule has 32 heavy (non-hydrogen) atoms. The molecule has 1 aliphatic carbocycles. The molecule has 2 aromatic carbocycles. The number of rotatable bonds is 5. The number of carbonyl (C=O) groups is 1. The Balaban J connectivity index is 1.19. The Hall–Kier alpha value is -2.36. The van der Waals surface area contributed by atoms with Gasteiger partial charge in [-0.2, -0.15) is 4.31 Å². The van der Waals surface area contributed by atoms with Gasteiger partial charge in [-0.05, 0) is 54.7 Å². The number of thioether (sulfide) groups is 1. The zero-order valence-electron chi connectivity index (χ0n) is 18.0. The average molecular weight is 471 g/mol. The van der Waals surface area contributed by atoms with E-state index in [1.165, 1.54) is 21.6 Å². The zero-order valence-corrected chi connectivity index (χ0v) is 19.7. The quantitative estimate of drug-likeness (QED) is 0.536. The number of hydrogen-bond acceptors (Lipinski definition) is 5. The molecule has 1 saturated heterocycles. The predicted molar refractivity (Wildman–Crippen MR) is 125 cm³/mol. The monoisotopic (exact) mass is 470 g/mol. The molecule has 9 heteroatoms. The van der Waals surface area contributed by atoms with Gasteiger partial charge < -0.3 is 9.47 Å². The first-order chi connectivity index (χ1) is 15.4. The second-order valence-electron chi connectivity index (χ2n) is 8.30. The topological polar surface area (TPSA) is 75.5 Å². The van der Waals surface area contributed by atoms with E-state index in [1.54, 1.807) is 11.0 Å². The fraction of sp³-hybridized carbons (Fsp3) is 0.391. The van der Waals surface area contributed by atoms with Crippen molar-refractivity contribution in [3.8, 4) is 0 Å². The number of sulfonamides is 1. The van der Waals surface area contributed by atoms with E-state index in [4.69, 9.17) is 0 Å². The molecule has 2 aliphatic rings. The van der Waals surface area contributed by atoms with Crippen molar-refractivity contribution < 1.29 is 13.2 Å². The summed E-state index contributed by atoms with van der Waals surface area (Å²) in [6, 6.07) is 13.4. The molecule has 7 nitrogen and oxygen atoms in total. The maximum absolute atomic E-state index is 13.1. The molecule has 0 radical (unpaired) electrons. The van der Waals surface area contributed by atoms with Crippen molar-refractivity contribution in [2.75, 3.05) is 31.9 Å². The van der Waals surface area contributed by atoms with Gasteiger partial charge in [0.1, 0.15) is 0 Å². The Morgan fingerprint density at radius 3 is 2.56 bits per heavy atom. The highest BCUT2D eigenvalue weighted by molar-refractivity contribution is 7.99. The molecule has 1 aromatic heterocycles. The molecule has 1 aliphatic heterocycles. The van der Waals surface area contributed by atoms with Gasteiger partial charge in [0.05, 0.1) is 21.7 Å². The van der Waals surface area contributed by atoms with Crippen LogP contribution in [0.15, 0.2) is 52.5 Å². The second kappa shape index (κ2) is 8.53. The largest absolute Gasteiger partial charge is 0.339 e. The number of benzene rings is 2. The van der Waals surface area contributed by atoms with Crippen LogP contribution in [0.3, 0.4) is 0 Å². The molecule has 0 N–H and O–H groups in total. The molecule has 168 valence electrons. The van der Waals surface area contributed by atoms with Crippen molar-refractivity contribution >= 4 is 38.7 Å². The first kappa shape index (κ1) is 21.5. The molecule has 0 saturated carbocycles. The summed E-state index contributed by atoms with van der Waals surface area (Å²) in [5, 5.41) is 0.803. The summed E-state index contributed by atoms with van der Waals surface area (Å²) in [4.78, 5) is 19.5. The number of nitrogens with zero attached hydrogens (tertiary/aromatic N) is 4. The van der Waals surface area contributed by atoms with Gasteiger partial charge in [-0.15, -0.1) is 0 Å².